The summed E-state index contributed by atoms with van der Waals surface area (Å²) >= 11 is 0. The summed E-state index contributed by atoms with van der Waals surface area (Å²) in [6, 6.07) is 2.49. The molecule has 224 valence electrons. The molecule has 1 aliphatic heterocycles. The van der Waals surface area contributed by atoms with Gasteiger partial charge in [-0.05, 0) is 24.3 Å². The number of amides is 6. The molecule has 16 heteroatoms. The van der Waals surface area contributed by atoms with Crippen molar-refractivity contribution in [2.24, 2.45) is 22.4 Å². The average molecular weight is 576 g/mol. The molecule has 0 aromatic heterocycles. The first-order chi connectivity index (χ1) is 19.4. The molecule has 1 aromatic rings. The van der Waals surface area contributed by atoms with Crippen LogP contribution in [0.4, 0.5) is 4.79 Å². The molecule has 1 aromatic carbocycles. The number of hydrogen-bond donors (Lipinski definition) is 9. The lowest BCUT2D eigenvalue weighted by Crippen LogP contribution is -2.59. The van der Waals surface area contributed by atoms with Crippen molar-refractivity contribution in [1.82, 2.24) is 32.1 Å². The van der Waals surface area contributed by atoms with Gasteiger partial charge in [-0.25, -0.2) is 10.2 Å². The Morgan fingerprint density at radius 1 is 0.854 bits per heavy atom. The second-order valence-electron chi connectivity index (χ2n) is 9.73. The number of aliphatic imine (C=N–C) groups is 1. The SMILES string of the molecule is CC(C)C1NC(=O)[C@@H](Cc2ccccc2)NC(=O)C(CC(=O)O)NC(=O)NNC(=O)C(CCCN=C(N)N)NC1=O. The number of hydrogen-bond acceptors (Lipinski definition) is 7. The van der Waals surface area contributed by atoms with Gasteiger partial charge in [-0.2, -0.15) is 0 Å². The van der Waals surface area contributed by atoms with Gasteiger partial charge < -0.3 is 37.8 Å². The molecule has 0 bridgehead atoms. The number of rotatable bonds is 9. The Kier molecular flexibility index (Phi) is 12.3. The quantitative estimate of drug-likeness (QED) is 0.0861. The van der Waals surface area contributed by atoms with E-state index in [0.29, 0.717) is 5.56 Å². The maximum atomic E-state index is 13.4. The number of carboxylic acids is 1. The minimum atomic E-state index is -1.60. The van der Waals surface area contributed by atoms with Gasteiger partial charge in [-0.3, -0.25) is 34.4 Å². The van der Waals surface area contributed by atoms with Crippen molar-refractivity contribution in [3.8, 4) is 0 Å². The van der Waals surface area contributed by atoms with Crippen molar-refractivity contribution < 1.29 is 33.9 Å². The number of aliphatic carboxylic acids is 1. The van der Waals surface area contributed by atoms with Crippen LogP contribution in [0.25, 0.3) is 0 Å². The number of carboxylic acid groups (broad SMARTS) is 1. The number of carbonyl (C=O) groups is 6. The molecule has 0 aliphatic carbocycles. The van der Waals surface area contributed by atoms with E-state index in [1.54, 1.807) is 44.2 Å². The van der Waals surface area contributed by atoms with Crippen molar-refractivity contribution in [3.05, 3.63) is 35.9 Å². The molecule has 3 unspecified atom stereocenters. The first-order valence-electron chi connectivity index (χ1n) is 13.0. The largest absolute Gasteiger partial charge is 0.481 e. The van der Waals surface area contributed by atoms with E-state index < -0.39 is 72.1 Å². The van der Waals surface area contributed by atoms with Gasteiger partial charge in [-0.15, -0.1) is 0 Å². The van der Waals surface area contributed by atoms with Gasteiger partial charge in [0.05, 0.1) is 6.42 Å². The van der Waals surface area contributed by atoms with Crippen LogP contribution in [0.2, 0.25) is 0 Å². The summed E-state index contributed by atoms with van der Waals surface area (Å²) in [7, 11) is 0. The monoisotopic (exact) mass is 575 g/mol. The number of guanidine groups is 1. The van der Waals surface area contributed by atoms with Crippen LogP contribution in [0.3, 0.4) is 0 Å². The van der Waals surface area contributed by atoms with Crippen LogP contribution < -0.4 is 43.6 Å². The minimum Gasteiger partial charge on any atom is -0.481 e. The zero-order chi connectivity index (χ0) is 30.5. The highest BCUT2D eigenvalue weighted by Crippen LogP contribution is 2.09. The van der Waals surface area contributed by atoms with Gasteiger partial charge in [-0.1, -0.05) is 44.2 Å². The van der Waals surface area contributed by atoms with E-state index in [1.165, 1.54) is 0 Å². The molecule has 41 heavy (non-hydrogen) atoms. The lowest BCUT2D eigenvalue weighted by molar-refractivity contribution is -0.140. The number of nitrogens with one attached hydrogen (secondary N) is 6. The molecule has 0 saturated carbocycles. The van der Waals surface area contributed by atoms with Crippen molar-refractivity contribution in [2.45, 2.75) is 63.7 Å². The zero-order valence-electron chi connectivity index (χ0n) is 22.8. The molecule has 0 spiro atoms. The molecule has 0 radical (unpaired) electrons. The van der Waals surface area contributed by atoms with E-state index in [9.17, 15) is 33.9 Å². The smallest absolute Gasteiger partial charge is 0.334 e. The van der Waals surface area contributed by atoms with Crippen LogP contribution >= 0.6 is 0 Å². The fourth-order valence-electron chi connectivity index (χ4n) is 3.94. The summed E-state index contributed by atoms with van der Waals surface area (Å²) in [4.78, 5) is 80.4. The van der Waals surface area contributed by atoms with E-state index in [0.717, 1.165) is 0 Å². The van der Waals surface area contributed by atoms with Crippen molar-refractivity contribution in [1.29, 1.82) is 0 Å². The molecule has 11 N–H and O–H groups in total. The van der Waals surface area contributed by atoms with Crippen LogP contribution in [0, 0.1) is 5.92 Å². The first-order valence-corrected chi connectivity index (χ1v) is 13.0. The molecule has 1 fully saturated rings. The van der Waals surface area contributed by atoms with Crippen LogP contribution in [0.5, 0.6) is 0 Å². The second-order valence-corrected chi connectivity index (χ2v) is 9.73. The highest BCUT2D eigenvalue weighted by atomic mass is 16.4. The third-order valence-corrected chi connectivity index (χ3v) is 6.04. The fraction of sp³-hybridized carbons (Fsp3) is 0.480. The topological polar surface area (TPSA) is 259 Å². The predicted octanol–water partition coefficient (Wildman–Crippen LogP) is -2.42. The Bertz CT molecular complexity index is 1140. The van der Waals surface area contributed by atoms with E-state index in [2.05, 4.69) is 31.7 Å². The molecule has 6 amide bonds. The lowest BCUT2D eigenvalue weighted by Gasteiger charge is -2.27. The van der Waals surface area contributed by atoms with E-state index in [1.807, 2.05) is 5.43 Å². The van der Waals surface area contributed by atoms with Gasteiger partial charge in [0.2, 0.25) is 17.7 Å². The first kappa shape index (κ1) is 32.3. The van der Waals surface area contributed by atoms with Crippen molar-refractivity contribution >= 4 is 41.6 Å². The lowest BCUT2D eigenvalue weighted by atomic mass is 10.00. The van der Waals surface area contributed by atoms with Gasteiger partial charge in [0.1, 0.15) is 24.2 Å². The maximum Gasteiger partial charge on any atom is 0.334 e. The number of hydrazine groups is 1. The summed E-state index contributed by atoms with van der Waals surface area (Å²) in [5.74, 6) is -5.15. The summed E-state index contributed by atoms with van der Waals surface area (Å²) in [6.45, 7) is 3.53. The highest BCUT2D eigenvalue weighted by molar-refractivity contribution is 5.97. The summed E-state index contributed by atoms with van der Waals surface area (Å²) in [6.07, 6.45) is -0.465. The Morgan fingerprint density at radius 3 is 2.10 bits per heavy atom. The van der Waals surface area contributed by atoms with Gasteiger partial charge in [0, 0.05) is 13.0 Å². The molecular weight excluding hydrogens is 538 g/mol. The van der Waals surface area contributed by atoms with E-state index in [4.69, 9.17) is 11.5 Å². The third-order valence-electron chi connectivity index (χ3n) is 6.04. The standard InChI is InChI=1S/C25H37N9O7/c1-13(2)19-23(40)29-15(9-6-10-28-24(26)27)22(39)33-34-25(41)31-17(12-18(35)36)20(37)30-16(21(38)32-19)11-14-7-4-3-5-8-14/h3-5,7-8,13,15-17,19H,6,9-12H2,1-2H3,(H,29,40)(H,30,37)(H,32,38)(H,33,39)(H,35,36)(H4,26,27,28)(H2,31,34,41)/t15?,16-,17?,19?/m1/s1. The summed E-state index contributed by atoms with van der Waals surface area (Å²) in [5.41, 5.74) is 15.5. The average Bonchev–Trinajstić information content (AvgIpc) is 2.90. The number of carbonyl (C=O) groups excluding carboxylic acids is 5. The molecule has 1 saturated heterocycles. The van der Waals surface area contributed by atoms with Crippen molar-refractivity contribution in [3.63, 3.8) is 0 Å². The molecule has 1 heterocycles. The molecule has 1 aliphatic rings. The molecule has 2 rings (SSSR count). The molecule has 16 nitrogen and oxygen atoms in total. The number of nitrogens with zero attached hydrogens (tertiary/aromatic N) is 1. The normalized spacial score (nSPS) is 22.5. The van der Waals surface area contributed by atoms with Crippen LogP contribution in [0.1, 0.15) is 38.7 Å². The van der Waals surface area contributed by atoms with Crippen LogP contribution in [-0.4, -0.2) is 77.4 Å². The van der Waals surface area contributed by atoms with Gasteiger partial charge in [0.15, 0.2) is 5.96 Å². The predicted molar refractivity (Wildman–Crippen MR) is 147 cm³/mol. The Balaban J connectivity index is 2.43. The molecular formula is C25H37N9O7. The van der Waals surface area contributed by atoms with Crippen LogP contribution in [0.15, 0.2) is 35.3 Å². The molecule has 4 atom stereocenters. The maximum absolute atomic E-state index is 13.4. The van der Waals surface area contributed by atoms with E-state index >= 15 is 0 Å². The minimum absolute atomic E-state index is 0.00426. The Hall–Kier alpha value is -4.89. The summed E-state index contributed by atoms with van der Waals surface area (Å²) < 4.78 is 0. The van der Waals surface area contributed by atoms with E-state index in [-0.39, 0.29) is 31.8 Å². The number of nitrogens with two attached hydrogens (primary N) is 2. The zero-order valence-corrected chi connectivity index (χ0v) is 22.8. The number of benzene rings is 1. The van der Waals surface area contributed by atoms with Crippen molar-refractivity contribution in [2.75, 3.05) is 6.54 Å². The summed E-state index contributed by atoms with van der Waals surface area (Å²) in [5, 5.41) is 19.2. The highest BCUT2D eigenvalue weighted by Gasteiger charge is 2.34. The second kappa shape index (κ2) is 15.6. The fourth-order valence-corrected chi connectivity index (χ4v) is 3.94. The third kappa shape index (κ3) is 11.0. The Labute approximate surface area is 236 Å². The van der Waals surface area contributed by atoms with Gasteiger partial charge >= 0.3 is 12.0 Å². The Morgan fingerprint density at radius 2 is 1.49 bits per heavy atom. The van der Waals surface area contributed by atoms with Gasteiger partial charge in [0.25, 0.3) is 5.91 Å². The number of urea groups is 1. The van der Waals surface area contributed by atoms with Crippen LogP contribution in [-0.2, 0) is 30.4 Å².